The van der Waals surface area contributed by atoms with Crippen LogP contribution in [-0.4, -0.2) is 31.6 Å². The summed E-state index contributed by atoms with van der Waals surface area (Å²) >= 11 is 0. The molecule has 0 aromatic rings. The molecule has 0 radical (unpaired) electrons. The summed E-state index contributed by atoms with van der Waals surface area (Å²) in [6.07, 6.45) is -0.636. The fourth-order valence-electron chi connectivity index (χ4n) is 0.332. The number of aliphatic hydroxyl groups is 1. The largest absolute Gasteiger partial charge is 0.368 e. The minimum Gasteiger partial charge on any atom is -0.368 e. The average Bonchev–Trinajstić information content (AvgIpc) is 1.66. The number of hydrogen-bond acceptors (Lipinski definition) is 3. The van der Waals surface area contributed by atoms with Gasteiger partial charge in [-0.25, -0.2) is 0 Å². The van der Waals surface area contributed by atoms with Crippen LogP contribution in [0.3, 0.4) is 0 Å². The molecule has 0 aromatic heterocycles. The Bertz CT molecular complexity index is 47.7. The van der Waals surface area contributed by atoms with E-state index in [-0.39, 0.29) is 0 Å². The molecule has 0 aliphatic rings. The minimum atomic E-state index is -0.636. The maximum Gasteiger partial charge on any atom is 0.151 e. The Hall–Kier alpha value is -0.120. The number of ether oxygens (including phenoxy) is 1. The molecule has 0 aromatic carbocycles. The first-order valence-corrected chi connectivity index (χ1v) is 2.71. The van der Waals surface area contributed by atoms with Gasteiger partial charge in [0.25, 0.3) is 0 Å². The normalized spacial score (nSPS) is 13.9. The van der Waals surface area contributed by atoms with Crippen molar-refractivity contribution in [2.24, 2.45) is 0 Å². The van der Waals surface area contributed by atoms with Gasteiger partial charge in [0.1, 0.15) is 0 Å². The average molecular weight is 119 g/mol. The van der Waals surface area contributed by atoms with Crippen LogP contribution in [-0.2, 0) is 4.74 Å². The number of hydrogen-bond donors (Lipinski definition) is 2. The van der Waals surface area contributed by atoms with E-state index in [0.29, 0.717) is 6.61 Å². The molecule has 8 heavy (non-hydrogen) atoms. The van der Waals surface area contributed by atoms with E-state index in [4.69, 9.17) is 9.84 Å². The summed E-state index contributed by atoms with van der Waals surface area (Å²) in [5.74, 6) is 0. The van der Waals surface area contributed by atoms with Crippen LogP contribution in [0.2, 0.25) is 0 Å². The molecule has 0 saturated heterocycles. The highest BCUT2D eigenvalue weighted by Crippen LogP contribution is 1.79. The lowest BCUT2D eigenvalue weighted by atomic mass is 10.7. The summed E-state index contributed by atoms with van der Waals surface area (Å²) in [6, 6.07) is 0. The summed E-state index contributed by atoms with van der Waals surface area (Å²) in [5, 5.41) is 11.4. The zero-order chi connectivity index (χ0) is 6.41. The van der Waals surface area contributed by atoms with E-state index >= 15 is 0 Å². The molecule has 0 spiro atoms. The van der Waals surface area contributed by atoms with E-state index in [1.165, 1.54) is 0 Å². The van der Waals surface area contributed by atoms with Crippen molar-refractivity contribution in [3.05, 3.63) is 0 Å². The Kier molecular flexibility index (Phi) is 4.95. The van der Waals surface area contributed by atoms with Crippen LogP contribution >= 0.6 is 0 Å². The lowest BCUT2D eigenvalue weighted by Crippen LogP contribution is -2.17. The van der Waals surface area contributed by atoms with Crippen LogP contribution in [0, 0.1) is 0 Å². The molecule has 0 fully saturated rings. The molecule has 1 unspecified atom stereocenters. The van der Waals surface area contributed by atoms with E-state index in [9.17, 15) is 0 Å². The van der Waals surface area contributed by atoms with Gasteiger partial charge in [-0.2, -0.15) is 0 Å². The van der Waals surface area contributed by atoms with Gasteiger partial charge in [-0.15, -0.1) is 0 Å². The standard InChI is InChI=1S/C5H13NO2/c1-5(7)8-4-3-6-2/h5-7H,3-4H2,1-2H3. The third kappa shape index (κ3) is 5.88. The Balaban J connectivity index is 2.72. The van der Waals surface area contributed by atoms with Crippen molar-refractivity contribution in [3.63, 3.8) is 0 Å². The Morgan fingerprint density at radius 1 is 1.75 bits per heavy atom. The Labute approximate surface area is 49.7 Å². The predicted molar refractivity (Wildman–Crippen MR) is 31.6 cm³/mol. The highest BCUT2D eigenvalue weighted by atomic mass is 16.6. The maximum absolute atomic E-state index is 8.53. The van der Waals surface area contributed by atoms with E-state index in [0.717, 1.165) is 6.54 Å². The van der Waals surface area contributed by atoms with Gasteiger partial charge in [-0.05, 0) is 14.0 Å². The summed E-state index contributed by atoms with van der Waals surface area (Å²) in [7, 11) is 1.84. The van der Waals surface area contributed by atoms with Gasteiger partial charge >= 0.3 is 0 Å². The van der Waals surface area contributed by atoms with Crippen molar-refractivity contribution >= 4 is 0 Å². The first-order chi connectivity index (χ1) is 3.77. The van der Waals surface area contributed by atoms with Crippen LogP contribution in [0.4, 0.5) is 0 Å². The molecule has 0 aliphatic carbocycles. The van der Waals surface area contributed by atoms with Gasteiger partial charge < -0.3 is 15.2 Å². The Morgan fingerprint density at radius 2 is 2.38 bits per heavy atom. The third-order valence-electron chi connectivity index (χ3n) is 0.711. The van der Waals surface area contributed by atoms with Crippen LogP contribution in [0.1, 0.15) is 6.92 Å². The summed E-state index contributed by atoms with van der Waals surface area (Å²) in [5.41, 5.74) is 0. The molecule has 0 aliphatic heterocycles. The van der Waals surface area contributed by atoms with Gasteiger partial charge in [-0.1, -0.05) is 0 Å². The second kappa shape index (κ2) is 5.03. The highest BCUT2D eigenvalue weighted by molar-refractivity contribution is 4.34. The Morgan fingerprint density at radius 3 is 2.75 bits per heavy atom. The lowest BCUT2D eigenvalue weighted by molar-refractivity contribution is -0.0831. The summed E-state index contributed by atoms with van der Waals surface area (Å²) < 4.78 is 4.78. The second-order valence-electron chi connectivity index (χ2n) is 1.57. The number of rotatable bonds is 4. The van der Waals surface area contributed by atoms with Crippen molar-refractivity contribution in [1.29, 1.82) is 0 Å². The highest BCUT2D eigenvalue weighted by Gasteiger charge is 1.90. The minimum absolute atomic E-state index is 0.564. The first-order valence-electron chi connectivity index (χ1n) is 2.71. The topological polar surface area (TPSA) is 41.5 Å². The molecule has 3 nitrogen and oxygen atoms in total. The molecule has 3 heteroatoms. The third-order valence-corrected chi connectivity index (χ3v) is 0.711. The SMILES string of the molecule is CNCCOC(C)O. The van der Waals surface area contributed by atoms with E-state index < -0.39 is 6.29 Å². The molecule has 0 amide bonds. The van der Waals surface area contributed by atoms with Crippen molar-refractivity contribution in [2.45, 2.75) is 13.2 Å². The molecular formula is C5H13NO2. The molecule has 0 bridgehead atoms. The fraction of sp³-hybridized carbons (Fsp3) is 1.00. The lowest BCUT2D eigenvalue weighted by Gasteiger charge is -2.04. The summed E-state index contributed by atoms with van der Waals surface area (Å²) in [6.45, 7) is 2.94. The second-order valence-corrected chi connectivity index (χ2v) is 1.57. The monoisotopic (exact) mass is 119 g/mol. The van der Waals surface area contributed by atoms with Gasteiger partial charge in [0.05, 0.1) is 6.61 Å². The van der Waals surface area contributed by atoms with Gasteiger partial charge in [0, 0.05) is 6.54 Å². The van der Waals surface area contributed by atoms with Crippen LogP contribution in [0.25, 0.3) is 0 Å². The zero-order valence-corrected chi connectivity index (χ0v) is 5.35. The summed E-state index contributed by atoms with van der Waals surface area (Å²) in [4.78, 5) is 0. The van der Waals surface area contributed by atoms with Crippen molar-refractivity contribution in [1.82, 2.24) is 5.32 Å². The van der Waals surface area contributed by atoms with Crippen LogP contribution in [0.5, 0.6) is 0 Å². The van der Waals surface area contributed by atoms with Crippen molar-refractivity contribution in [3.8, 4) is 0 Å². The van der Waals surface area contributed by atoms with E-state index in [1.807, 2.05) is 7.05 Å². The molecule has 50 valence electrons. The maximum atomic E-state index is 8.53. The number of nitrogens with one attached hydrogen (secondary N) is 1. The molecule has 0 rings (SSSR count). The van der Waals surface area contributed by atoms with Crippen molar-refractivity contribution in [2.75, 3.05) is 20.2 Å². The molecular weight excluding hydrogens is 106 g/mol. The molecule has 1 atom stereocenters. The zero-order valence-electron chi connectivity index (χ0n) is 5.35. The van der Waals surface area contributed by atoms with Gasteiger partial charge in [-0.3, -0.25) is 0 Å². The van der Waals surface area contributed by atoms with Gasteiger partial charge in [0.15, 0.2) is 6.29 Å². The van der Waals surface area contributed by atoms with Crippen LogP contribution < -0.4 is 5.32 Å². The molecule has 0 saturated carbocycles. The fourth-order valence-corrected chi connectivity index (χ4v) is 0.332. The predicted octanol–water partition coefficient (Wildman–Crippen LogP) is -0.439. The molecule has 2 N–H and O–H groups in total. The first kappa shape index (κ1) is 7.88. The smallest absolute Gasteiger partial charge is 0.151 e. The quantitative estimate of drug-likeness (QED) is 0.389. The molecule has 0 heterocycles. The number of aliphatic hydroxyl groups excluding tert-OH is 1. The van der Waals surface area contributed by atoms with Crippen LogP contribution in [0.15, 0.2) is 0 Å². The van der Waals surface area contributed by atoms with E-state index in [1.54, 1.807) is 6.92 Å². The van der Waals surface area contributed by atoms with E-state index in [2.05, 4.69) is 5.32 Å². The number of likely N-dealkylation sites (N-methyl/N-ethyl adjacent to an activating group) is 1. The van der Waals surface area contributed by atoms with Crippen molar-refractivity contribution < 1.29 is 9.84 Å². The van der Waals surface area contributed by atoms with Gasteiger partial charge in [0.2, 0.25) is 0 Å².